The minimum atomic E-state index is -4.56. The maximum atomic E-state index is 12.9. The molecule has 1 saturated heterocycles. The van der Waals surface area contributed by atoms with Crippen LogP contribution in [-0.4, -0.2) is 23.9 Å². The molecule has 1 aliphatic heterocycles. The van der Waals surface area contributed by atoms with E-state index in [0.717, 1.165) is 12.5 Å². The predicted octanol–water partition coefficient (Wildman–Crippen LogP) is 2.47. The summed E-state index contributed by atoms with van der Waals surface area (Å²) in [5.41, 5.74) is 0.854. The average Bonchev–Trinajstić information content (AvgIpc) is 2.83. The average molecular weight is 287 g/mol. The Bertz CT molecular complexity index is 516. The molecule has 1 aromatic carbocycles. The van der Waals surface area contributed by atoms with Crippen molar-refractivity contribution in [3.8, 4) is 0 Å². The van der Waals surface area contributed by atoms with E-state index in [1.54, 1.807) is 4.90 Å². The van der Waals surface area contributed by atoms with E-state index in [-0.39, 0.29) is 17.2 Å². The molecule has 0 spiro atoms. The number of amides is 1. The van der Waals surface area contributed by atoms with Crippen LogP contribution in [0.4, 0.5) is 18.9 Å². The lowest BCUT2D eigenvalue weighted by molar-refractivity contribution is -0.137. The van der Waals surface area contributed by atoms with Crippen LogP contribution in [-0.2, 0) is 6.18 Å². The summed E-state index contributed by atoms with van der Waals surface area (Å²) in [5.74, 6) is 5.08. The van der Waals surface area contributed by atoms with Gasteiger partial charge in [-0.15, -0.1) is 0 Å². The summed E-state index contributed by atoms with van der Waals surface area (Å²) >= 11 is 0. The molecular weight excluding hydrogens is 271 g/mol. The number of nitrogens with two attached hydrogens (primary N) is 1. The number of likely N-dealkylation sites (tertiary alicyclic amines) is 1. The van der Waals surface area contributed by atoms with Crippen molar-refractivity contribution in [1.82, 2.24) is 4.90 Å². The third kappa shape index (κ3) is 2.87. The van der Waals surface area contributed by atoms with Gasteiger partial charge in [0.25, 0.3) is 5.91 Å². The first-order valence-corrected chi connectivity index (χ1v) is 6.30. The summed E-state index contributed by atoms with van der Waals surface area (Å²) in [6, 6.07) is 3.38. The fraction of sp³-hybridized carbons (Fsp3) is 0.462. The monoisotopic (exact) mass is 287 g/mol. The smallest absolute Gasteiger partial charge is 0.338 e. The summed E-state index contributed by atoms with van der Waals surface area (Å²) < 4.78 is 38.7. The number of nitrogen functional groups attached to an aromatic ring is 1. The molecule has 0 aliphatic carbocycles. The van der Waals surface area contributed by atoms with E-state index in [1.165, 1.54) is 12.1 Å². The van der Waals surface area contributed by atoms with Crippen LogP contribution in [0.25, 0.3) is 0 Å². The number of carbonyl (C=O) groups is 1. The van der Waals surface area contributed by atoms with E-state index in [4.69, 9.17) is 5.84 Å². The molecule has 1 heterocycles. The second kappa shape index (κ2) is 5.32. The van der Waals surface area contributed by atoms with Gasteiger partial charge in [-0.25, -0.2) is 0 Å². The van der Waals surface area contributed by atoms with Gasteiger partial charge in [-0.1, -0.05) is 6.92 Å². The quantitative estimate of drug-likeness (QED) is 0.649. The second-order valence-corrected chi connectivity index (χ2v) is 5.05. The molecule has 1 unspecified atom stereocenters. The molecule has 1 fully saturated rings. The molecule has 4 nitrogen and oxygen atoms in total. The van der Waals surface area contributed by atoms with Gasteiger partial charge in [0.1, 0.15) is 0 Å². The molecule has 0 saturated carbocycles. The third-order valence-corrected chi connectivity index (χ3v) is 3.44. The Labute approximate surface area is 114 Å². The number of hydrogen-bond donors (Lipinski definition) is 2. The highest BCUT2D eigenvalue weighted by Crippen LogP contribution is 2.35. The maximum absolute atomic E-state index is 12.9. The number of nitrogens with zero attached hydrogens (tertiary/aromatic N) is 1. The van der Waals surface area contributed by atoms with Crippen LogP contribution >= 0.6 is 0 Å². The van der Waals surface area contributed by atoms with E-state index < -0.39 is 11.7 Å². The van der Waals surface area contributed by atoms with E-state index in [2.05, 4.69) is 0 Å². The molecule has 3 N–H and O–H groups in total. The van der Waals surface area contributed by atoms with Gasteiger partial charge in [0.05, 0.1) is 11.3 Å². The van der Waals surface area contributed by atoms with Crippen LogP contribution in [0.3, 0.4) is 0 Å². The lowest BCUT2D eigenvalue weighted by Gasteiger charge is -2.18. The van der Waals surface area contributed by atoms with Gasteiger partial charge < -0.3 is 10.3 Å². The Morgan fingerprint density at radius 3 is 2.65 bits per heavy atom. The fourth-order valence-corrected chi connectivity index (χ4v) is 2.34. The molecule has 110 valence electrons. The number of hydrazine groups is 1. The number of nitrogens with one attached hydrogen (secondary N) is 1. The zero-order valence-electron chi connectivity index (χ0n) is 11.0. The Morgan fingerprint density at radius 1 is 1.45 bits per heavy atom. The Kier molecular flexibility index (Phi) is 3.89. The SMILES string of the molecule is CC1CCN(C(=O)c2ccc(NN)c(C(F)(F)F)c2)C1. The molecule has 1 atom stereocenters. The van der Waals surface area contributed by atoms with E-state index in [1.807, 2.05) is 12.3 Å². The largest absolute Gasteiger partial charge is 0.418 e. The van der Waals surface area contributed by atoms with E-state index in [9.17, 15) is 18.0 Å². The van der Waals surface area contributed by atoms with Crippen molar-refractivity contribution in [1.29, 1.82) is 0 Å². The van der Waals surface area contributed by atoms with Gasteiger partial charge in [0, 0.05) is 18.7 Å². The van der Waals surface area contributed by atoms with Crippen LogP contribution in [0.5, 0.6) is 0 Å². The van der Waals surface area contributed by atoms with Crippen molar-refractivity contribution in [2.45, 2.75) is 19.5 Å². The number of anilines is 1. The maximum Gasteiger partial charge on any atom is 0.418 e. The number of hydrogen-bond acceptors (Lipinski definition) is 3. The Balaban J connectivity index is 2.31. The van der Waals surface area contributed by atoms with Gasteiger partial charge in [0.15, 0.2) is 0 Å². The molecule has 1 amide bonds. The highest BCUT2D eigenvalue weighted by atomic mass is 19.4. The van der Waals surface area contributed by atoms with Crippen LogP contribution in [0.1, 0.15) is 29.3 Å². The number of rotatable bonds is 2. The summed E-state index contributed by atoms with van der Waals surface area (Å²) in [4.78, 5) is 13.8. The molecule has 1 aromatic rings. The number of carbonyl (C=O) groups excluding carboxylic acids is 1. The highest BCUT2D eigenvalue weighted by Gasteiger charge is 2.35. The van der Waals surface area contributed by atoms with Crippen LogP contribution in [0.15, 0.2) is 18.2 Å². The lowest BCUT2D eigenvalue weighted by Crippen LogP contribution is -2.29. The Morgan fingerprint density at radius 2 is 2.15 bits per heavy atom. The van der Waals surface area contributed by atoms with Crippen molar-refractivity contribution in [2.24, 2.45) is 11.8 Å². The van der Waals surface area contributed by atoms with Gasteiger partial charge >= 0.3 is 6.18 Å². The summed E-state index contributed by atoms with van der Waals surface area (Å²) in [6.45, 7) is 3.17. The molecular formula is C13H16F3N3O. The number of alkyl halides is 3. The van der Waals surface area contributed by atoms with Crippen molar-refractivity contribution in [3.05, 3.63) is 29.3 Å². The summed E-state index contributed by atoms with van der Waals surface area (Å²) in [7, 11) is 0. The van der Waals surface area contributed by atoms with Crippen molar-refractivity contribution < 1.29 is 18.0 Å². The minimum absolute atomic E-state index is 0.0328. The van der Waals surface area contributed by atoms with Crippen LogP contribution in [0.2, 0.25) is 0 Å². The Hall–Kier alpha value is -1.76. The zero-order chi connectivity index (χ0) is 14.9. The third-order valence-electron chi connectivity index (χ3n) is 3.44. The first kappa shape index (κ1) is 14.6. The normalized spacial score (nSPS) is 19.2. The second-order valence-electron chi connectivity index (χ2n) is 5.05. The topological polar surface area (TPSA) is 58.4 Å². The van der Waals surface area contributed by atoms with E-state index in [0.29, 0.717) is 19.0 Å². The predicted molar refractivity (Wildman–Crippen MR) is 68.9 cm³/mol. The fourth-order valence-electron chi connectivity index (χ4n) is 2.34. The molecule has 0 bridgehead atoms. The van der Waals surface area contributed by atoms with Gasteiger partial charge in [-0.05, 0) is 30.5 Å². The molecule has 0 radical (unpaired) electrons. The van der Waals surface area contributed by atoms with Crippen molar-refractivity contribution in [2.75, 3.05) is 18.5 Å². The van der Waals surface area contributed by atoms with Crippen molar-refractivity contribution in [3.63, 3.8) is 0 Å². The molecule has 20 heavy (non-hydrogen) atoms. The molecule has 0 aromatic heterocycles. The van der Waals surface area contributed by atoms with E-state index >= 15 is 0 Å². The van der Waals surface area contributed by atoms with Crippen molar-refractivity contribution >= 4 is 11.6 Å². The summed E-state index contributed by atoms with van der Waals surface area (Å²) in [6.07, 6.45) is -3.68. The number of halogens is 3. The van der Waals surface area contributed by atoms with Gasteiger partial charge in [-0.2, -0.15) is 13.2 Å². The molecule has 7 heteroatoms. The van der Waals surface area contributed by atoms with Gasteiger partial charge in [0.2, 0.25) is 0 Å². The first-order valence-electron chi connectivity index (χ1n) is 6.30. The molecule has 2 rings (SSSR count). The number of benzene rings is 1. The molecule has 1 aliphatic rings. The highest BCUT2D eigenvalue weighted by molar-refractivity contribution is 5.95. The zero-order valence-corrected chi connectivity index (χ0v) is 11.0. The van der Waals surface area contributed by atoms with Crippen LogP contribution in [0, 0.1) is 5.92 Å². The minimum Gasteiger partial charge on any atom is -0.338 e. The van der Waals surface area contributed by atoms with Crippen LogP contribution < -0.4 is 11.3 Å². The summed E-state index contributed by atoms with van der Waals surface area (Å²) in [5, 5.41) is 0. The standard InChI is InChI=1S/C13H16F3N3O/c1-8-4-5-19(7-8)12(20)9-2-3-11(18-17)10(6-9)13(14,15)16/h2-3,6,8,18H,4-5,7,17H2,1H3. The lowest BCUT2D eigenvalue weighted by atomic mass is 10.1. The van der Waals surface area contributed by atoms with Gasteiger partial charge in [-0.3, -0.25) is 10.6 Å². The first-order chi connectivity index (χ1) is 9.32.